The maximum absolute atomic E-state index is 13.7. The van der Waals surface area contributed by atoms with Crippen LogP contribution in [-0.2, 0) is 14.3 Å². The summed E-state index contributed by atoms with van der Waals surface area (Å²) in [6.07, 6.45) is 12.8. The fourth-order valence-corrected chi connectivity index (χ4v) is 4.97. The van der Waals surface area contributed by atoms with Crippen LogP contribution in [0, 0.1) is 5.82 Å². The molecule has 0 spiro atoms. The molecule has 1 unspecified atom stereocenters. The molecule has 0 aliphatic heterocycles. The Kier molecular flexibility index (Phi) is 13.9. The van der Waals surface area contributed by atoms with Crippen molar-refractivity contribution in [3.8, 4) is 5.75 Å². The SMILES string of the molecule is CN(C)C/C=C/C(=O)Nc1cc2c(Nc3ccc(F)c(Cl)c3)ncnc2cc1OCCCNC(=O)CNC(=O)OC1CC/C=C/CCC1. The monoisotopic (exact) mass is 681 g/mol. The van der Waals surface area contributed by atoms with E-state index < -0.39 is 11.9 Å². The van der Waals surface area contributed by atoms with Crippen molar-refractivity contribution in [2.45, 2.75) is 44.6 Å². The van der Waals surface area contributed by atoms with E-state index in [-0.39, 0.29) is 36.1 Å². The summed E-state index contributed by atoms with van der Waals surface area (Å²) in [5, 5.41) is 11.8. The zero-order valence-corrected chi connectivity index (χ0v) is 27.8. The molecule has 0 saturated carbocycles. The van der Waals surface area contributed by atoms with Gasteiger partial charge < -0.3 is 35.6 Å². The molecule has 256 valence electrons. The fourth-order valence-electron chi connectivity index (χ4n) is 4.79. The molecule has 14 heteroatoms. The van der Waals surface area contributed by atoms with Crippen molar-refractivity contribution in [2.24, 2.45) is 0 Å². The van der Waals surface area contributed by atoms with Crippen molar-refractivity contribution in [1.29, 1.82) is 0 Å². The number of fused-ring (bicyclic) bond motifs is 1. The Bertz CT molecular complexity index is 1630. The first kappa shape index (κ1) is 36.1. The topological polar surface area (TPSA) is 147 Å². The number of ether oxygens (including phenoxy) is 2. The summed E-state index contributed by atoms with van der Waals surface area (Å²) in [5.41, 5.74) is 1.42. The van der Waals surface area contributed by atoms with Gasteiger partial charge in [0, 0.05) is 36.3 Å². The van der Waals surface area contributed by atoms with E-state index in [0.29, 0.717) is 53.4 Å². The molecule has 1 heterocycles. The van der Waals surface area contributed by atoms with Gasteiger partial charge in [0.15, 0.2) is 0 Å². The van der Waals surface area contributed by atoms with Crippen LogP contribution in [0.2, 0.25) is 5.02 Å². The van der Waals surface area contributed by atoms with Gasteiger partial charge in [-0.3, -0.25) is 9.59 Å². The van der Waals surface area contributed by atoms with Crippen molar-refractivity contribution in [2.75, 3.05) is 51.0 Å². The number of halogens is 2. The number of rotatable bonds is 14. The predicted molar refractivity (Wildman–Crippen MR) is 184 cm³/mol. The minimum atomic E-state index is -0.603. The Morgan fingerprint density at radius 2 is 1.92 bits per heavy atom. The molecular weight excluding hydrogens is 641 g/mol. The lowest BCUT2D eigenvalue weighted by molar-refractivity contribution is -0.120. The normalized spacial score (nSPS) is 15.4. The van der Waals surface area contributed by atoms with Gasteiger partial charge in [-0.05, 0) is 76.9 Å². The van der Waals surface area contributed by atoms with Crippen LogP contribution in [0.25, 0.3) is 10.9 Å². The van der Waals surface area contributed by atoms with Crippen molar-refractivity contribution >= 4 is 57.6 Å². The number of alkyl carbamates (subject to hydrolysis) is 1. The van der Waals surface area contributed by atoms with E-state index in [9.17, 15) is 18.8 Å². The minimum Gasteiger partial charge on any atom is -0.491 e. The molecule has 1 aromatic heterocycles. The number of likely N-dealkylation sites (N-methyl/N-ethyl adjacent to an activating group) is 1. The maximum atomic E-state index is 13.7. The molecule has 0 bridgehead atoms. The van der Waals surface area contributed by atoms with Gasteiger partial charge in [0.25, 0.3) is 0 Å². The van der Waals surface area contributed by atoms with E-state index in [0.717, 1.165) is 32.1 Å². The molecule has 1 aliphatic carbocycles. The Morgan fingerprint density at radius 3 is 2.73 bits per heavy atom. The highest BCUT2D eigenvalue weighted by molar-refractivity contribution is 6.31. The summed E-state index contributed by atoms with van der Waals surface area (Å²) in [5.74, 6) is -0.475. The highest BCUT2D eigenvalue weighted by Gasteiger charge is 2.16. The number of aromatic nitrogens is 2. The number of nitrogens with one attached hydrogen (secondary N) is 4. The summed E-state index contributed by atoms with van der Waals surface area (Å²) in [6, 6.07) is 7.59. The van der Waals surface area contributed by atoms with E-state index >= 15 is 0 Å². The summed E-state index contributed by atoms with van der Waals surface area (Å²) >= 11 is 5.95. The van der Waals surface area contributed by atoms with E-state index in [1.807, 2.05) is 19.0 Å². The molecule has 12 nitrogen and oxygen atoms in total. The fraction of sp³-hybridized carbons (Fsp3) is 0.382. The van der Waals surface area contributed by atoms with Gasteiger partial charge in [-0.25, -0.2) is 19.2 Å². The third-order valence-corrected chi connectivity index (χ3v) is 7.49. The lowest BCUT2D eigenvalue weighted by atomic mass is 10.0. The minimum absolute atomic E-state index is 0.0418. The molecule has 3 amide bonds. The molecule has 3 aromatic rings. The number of amides is 3. The van der Waals surface area contributed by atoms with E-state index in [4.69, 9.17) is 21.1 Å². The van der Waals surface area contributed by atoms with Crippen LogP contribution in [0.15, 0.2) is 61.0 Å². The molecule has 2 aromatic carbocycles. The molecular formula is C34H41ClFN7O5. The number of hydrogen-bond acceptors (Lipinski definition) is 9. The lowest BCUT2D eigenvalue weighted by Gasteiger charge is -2.18. The summed E-state index contributed by atoms with van der Waals surface area (Å²) < 4.78 is 25.2. The number of anilines is 3. The van der Waals surface area contributed by atoms with Crippen molar-refractivity contribution in [3.05, 3.63) is 71.8 Å². The van der Waals surface area contributed by atoms with Crippen molar-refractivity contribution in [1.82, 2.24) is 25.5 Å². The highest BCUT2D eigenvalue weighted by atomic mass is 35.5. The smallest absolute Gasteiger partial charge is 0.407 e. The molecule has 48 heavy (non-hydrogen) atoms. The number of nitrogens with zero attached hydrogens (tertiary/aromatic N) is 3. The summed E-state index contributed by atoms with van der Waals surface area (Å²) in [4.78, 5) is 47.8. The average Bonchev–Trinajstić information content (AvgIpc) is 3.03. The zero-order valence-electron chi connectivity index (χ0n) is 27.1. The van der Waals surface area contributed by atoms with E-state index in [1.54, 1.807) is 18.2 Å². The Morgan fingerprint density at radius 1 is 1.08 bits per heavy atom. The third-order valence-electron chi connectivity index (χ3n) is 7.20. The van der Waals surface area contributed by atoms with E-state index in [1.165, 1.54) is 30.6 Å². The molecule has 0 saturated heterocycles. The molecule has 1 aliphatic rings. The van der Waals surface area contributed by atoms with Crippen LogP contribution in [0.4, 0.5) is 26.4 Å². The first-order valence-corrected chi connectivity index (χ1v) is 16.2. The van der Waals surface area contributed by atoms with Gasteiger partial charge in [0.2, 0.25) is 11.8 Å². The number of carbonyl (C=O) groups is 3. The van der Waals surface area contributed by atoms with Crippen LogP contribution >= 0.6 is 11.6 Å². The van der Waals surface area contributed by atoms with Gasteiger partial charge in [-0.2, -0.15) is 0 Å². The predicted octanol–water partition coefficient (Wildman–Crippen LogP) is 5.72. The lowest BCUT2D eigenvalue weighted by Crippen LogP contribution is -2.39. The van der Waals surface area contributed by atoms with Gasteiger partial charge in [0.05, 0.1) is 29.4 Å². The Hall–Kier alpha value is -4.75. The molecule has 0 fully saturated rings. The van der Waals surface area contributed by atoms with Gasteiger partial charge >= 0.3 is 6.09 Å². The standard InChI is InChI=1S/C34H41ClFN7O5/c1-43(2)16-8-12-31(44)42-29-19-25-28(39-22-40-33(25)41-23-13-14-27(36)26(35)18-23)20-30(29)47-17-9-15-37-32(45)21-38-34(46)48-24-10-6-4-3-5-7-11-24/h3-4,8,12-14,18-20,22,24H,5-7,9-11,15-17,21H2,1-2H3,(H,37,45)(H,38,46)(H,42,44)(H,39,40,41)/b4-3+,12-8+. The quantitative estimate of drug-likeness (QED) is 0.0953. The van der Waals surface area contributed by atoms with Crippen molar-refractivity contribution in [3.63, 3.8) is 0 Å². The number of allylic oxidation sites excluding steroid dienone is 2. The second-order valence-electron chi connectivity index (χ2n) is 11.4. The van der Waals surface area contributed by atoms with Crippen LogP contribution in [0.1, 0.15) is 38.5 Å². The Labute approximate surface area is 284 Å². The number of carbonyl (C=O) groups excluding carboxylic acids is 3. The van der Waals surface area contributed by atoms with Gasteiger partial charge in [-0.1, -0.05) is 29.8 Å². The summed E-state index contributed by atoms with van der Waals surface area (Å²) in [7, 11) is 3.79. The molecule has 0 radical (unpaired) electrons. The number of hydrogen-bond donors (Lipinski definition) is 4. The summed E-state index contributed by atoms with van der Waals surface area (Å²) in [6.45, 7) is 0.886. The van der Waals surface area contributed by atoms with Crippen molar-refractivity contribution < 1.29 is 28.2 Å². The van der Waals surface area contributed by atoms with Crippen LogP contribution in [0.3, 0.4) is 0 Å². The second kappa shape index (κ2) is 18.6. The van der Waals surface area contributed by atoms with Gasteiger partial charge in [0.1, 0.15) is 29.8 Å². The Balaban J connectivity index is 1.35. The first-order valence-electron chi connectivity index (χ1n) is 15.8. The largest absolute Gasteiger partial charge is 0.491 e. The van der Waals surface area contributed by atoms with Gasteiger partial charge in [-0.15, -0.1) is 0 Å². The van der Waals surface area contributed by atoms with Crippen LogP contribution in [-0.4, -0.2) is 79.2 Å². The first-order chi connectivity index (χ1) is 23.2. The number of benzene rings is 2. The highest BCUT2D eigenvalue weighted by Crippen LogP contribution is 2.34. The zero-order chi connectivity index (χ0) is 34.3. The molecule has 4 N–H and O–H groups in total. The maximum Gasteiger partial charge on any atom is 0.407 e. The second-order valence-corrected chi connectivity index (χ2v) is 11.8. The average molecular weight is 682 g/mol. The van der Waals surface area contributed by atoms with E-state index in [2.05, 4.69) is 43.4 Å². The van der Waals surface area contributed by atoms with Crippen LogP contribution < -0.4 is 26.0 Å². The molecule has 1 atom stereocenters. The third kappa shape index (κ3) is 11.8. The van der Waals surface area contributed by atoms with Crippen LogP contribution in [0.5, 0.6) is 5.75 Å². The molecule has 4 rings (SSSR count).